The van der Waals surface area contributed by atoms with Crippen molar-refractivity contribution in [2.45, 2.75) is 6.61 Å². The Balaban J connectivity index is 1.63. The second kappa shape index (κ2) is 9.03. The van der Waals surface area contributed by atoms with Crippen LogP contribution < -0.4 is 9.47 Å². The van der Waals surface area contributed by atoms with Crippen molar-refractivity contribution in [3.05, 3.63) is 39.8 Å². The van der Waals surface area contributed by atoms with Crippen LogP contribution in [0.1, 0.15) is 25.9 Å². The summed E-state index contributed by atoms with van der Waals surface area (Å²) >= 11 is 1.40. The molecule has 2 amide bonds. The van der Waals surface area contributed by atoms with Crippen molar-refractivity contribution in [3.8, 4) is 11.5 Å². The molecule has 1 aliphatic rings. The minimum absolute atomic E-state index is 0.118. The molecule has 1 saturated heterocycles. The predicted molar refractivity (Wildman–Crippen MR) is 104 cm³/mol. The second-order valence-electron chi connectivity index (χ2n) is 6.21. The highest BCUT2D eigenvalue weighted by Gasteiger charge is 2.28. The quantitative estimate of drug-likeness (QED) is 0.730. The van der Waals surface area contributed by atoms with Crippen molar-refractivity contribution in [1.29, 1.82) is 0 Å². The molecule has 3 rings (SSSR count). The molecule has 1 aliphatic heterocycles. The van der Waals surface area contributed by atoms with Gasteiger partial charge in [0.2, 0.25) is 0 Å². The number of piperazine rings is 1. The number of amides is 2. The number of carbonyl (C=O) groups excluding carboxylic acids is 2. The lowest BCUT2D eigenvalue weighted by atomic mass is 10.1. The third kappa shape index (κ3) is 4.26. The van der Waals surface area contributed by atoms with E-state index in [9.17, 15) is 9.59 Å². The highest BCUT2D eigenvalue weighted by atomic mass is 32.1. The standard InChI is InChI=1S/C19H23N3O5S/c1-25-11-17-20-15(12-28-17)19(24)22-8-6-21(7-9-22)18(23)14-5-4-13(26-2)10-16(14)27-3/h4-5,10,12H,6-9,11H2,1-3H3. The van der Waals surface area contributed by atoms with Crippen LogP contribution in [0.15, 0.2) is 23.6 Å². The number of ether oxygens (including phenoxy) is 3. The van der Waals surface area contributed by atoms with Crippen molar-refractivity contribution in [2.24, 2.45) is 0 Å². The lowest BCUT2D eigenvalue weighted by Crippen LogP contribution is -2.50. The van der Waals surface area contributed by atoms with E-state index in [0.717, 1.165) is 5.01 Å². The van der Waals surface area contributed by atoms with E-state index in [1.165, 1.54) is 18.4 Å². The summed E-state index contributed by atoms with van der Waals surface area (Å²) in [6, 6.07) is 5.12. The molecule has 1 aromatic heterocycles. The van der Waals surface area contributed by atoms with Gasteiger partial charge in [-0.15, -0.1) is 11.3 Å². The van der Waals surface area contributed by atoms with Crippen molar-refractivity contribution in [2.75, 3.05) is 47.5 Å². The van der Waals surface area contributed by atoms with E-state index in [2.05, 4.69) is 4.98 Å². The predicted octanol–water partition coefficient (Wildman–Crippen LogP) is 1.90. The molecule has 8 nitrogen and oxygen atoms in total. The lowest BCUT2D eigenvalue weighted by molar-refractivity contribution is 0.0530. The molecule has 2 heterocycles. The molecule has 1 aromatic carbocycles. The zero-order valence-corrected chi connectivity index (χ0v) is 17.0. The highest BCUT2D eigenvalue weighted by molar-refractivity contribution is 7.09. The first-order valence-corrected chi connectivity index (χ1v) is 9.69. The van der Waals surface area contributed by atoms with Crippen LogP contribution >= 0.6 is 11.3 Å². The molecule has 9 heteroatoms. The number of methoxy groups -OCH3 is 3. The first kappa shape index (κ1) is 20.1. The minimum Gasteiger partial charge on any atom is -0.497 e. The Morgan fingerprint density at radius 1 is 1.04 bits per heavy atom. The van der Waals surface area contributed by atoms with Gasteiger partial charge in [0.05, 0.1) is 26.4 Å². The molecule has 0 saturated carbocycles. The number of hydrogen-bond acceptors (Lipinski definition) is 7. The minimum atomic E-state index is -0.123. The van der Waals surface area contributed by atoms with Gasteiger partial charge in [0.25, 0.3) is 11.8 Å². The van der Waals surface area contributed by atoms with E-state index >= 15 is 0 Å². The Hall–Kier alpha value is -2.65. The summed E-state index contributed by atoms with van der Waals surface area (Å²) in [4.78, 5) is 33.3. The molecule has 0 radical (unpaired) electrons. The zero-order valence-electron chi connectivity index (χ0n) is 16.1. The SMILES string of the molecule is COCc1nc(C(=O)N2CCN(C(=O)c3ccc(OC)cc3OC)CC2)cs1. The molecule has 0 atom stereocenters. The number of aromatic nitrogens is 1. The molecule has 0 bridgehead atoms. The van der Waals surface area contributed by atoms with Gasteiger partial charge in [0.1, 0.15) is 22.2 Å². The van der Waals surface area contributed by atoms with Gasteiger partial charge in [0.15, 0.2) is 0 Å². The smallest absolute Gasteiger partial charge is 0.273 e. The number of nitrogens with zero attached hydrogens (tertiary/aromatic N) is 3. The summed E-state index contributed by atoms with van der Waals surface area (Å²) in [6.07, 6.45) is 0. The van der Waals surface area contributed by atoms with Crippen LogP contribution in [0, 0.1) is 0 Å². The van der Waals surface area contributed by atoms with Crippen LogP contribution in [0.25, 0.3) is 0 Å². The van der Waals surface area contributed by atoms with Gasteiger partial charge in [-0.2, -0.15) is 0 Å². The summed E-state index contributed by atoms with van der Waals surface area (Å²) in [7, 11) is 4.68. The van der Waals surface area contributed by atoms with Crippen LogP contribution in [-0.4, -0.2) is 74.1 Å². The topological polar surface area (TPSA) is 81.2 Å². The fourth-order valence-electron chi connectivity index (χ4n) is 3.02. The number of rotatable bonds is 6. The van der Waals surface area contributed by atoms with Crippen LogP contribution in [0.5, 0.6) is 11.5 Å². The van der Waals surface area contributed by atoms with E-state index in [4.69, 9.17) is 14.2 Å². The van der Waals surface area contributed by atoms with E-state index in [1.807, 2.05) is 0 Å². The fourth-order valence-corrected chi connectivity index (χ4v) is 3.76. The van der Waals surface area contributed by atoms with Crippen LogP contribution in [0.3, 0.4) is 0 Å². The van der Waals surface area contributed by atoms with Gasteiger partial charge in [-0.05, 0) is 12.1 Å². The van der Waals surface area contributed by atoms with Crippen molar-refractivity contribution in [3.63, 3.8) is 0 Å². The highest BCUT2D eigenvalue weighted by Crippen LogP contribution is 2.26. The number of hydrogen-bond donors (Lipinski definition) is 0. The fraction of sp³-hybridized carbons (Fsp3) is 0.421. The lowest BCUT2D eigenvalue weighted by Gasteiger charge is -2.34. The maximum absolute atomic E-state index is 12.9. The Morgan fingerprint density at radius 2 is 1.71 bits per heavy atom. The van der Waals surface area contributed by atoms with E-state index in [0.29, 0.717) is 55.5 Å². The van der Waals surface area contributed by atoms with Gasteiger partial charge in [-0.25, -0.2) is 4.98 Å². The van der Waals surface area contributed by atoms with Crippen molar-refractivity contribution in [1.82, 2.24) is 14.8 Å². The Kier molecular flexibility index (Phi) is 6.48. The van der Waals surface area contributed by atoms with Gasteiger partial charge in [0, 0.05) is 44.7 Å². The summed E-state index contributed by atoms with van der Waals surface area (Å²) in [5.74, 6) is 0.853. The van der Waals surface area contributed by atoms with E-state index < -0.39 is 0 Å². The van der Waals surface area contributed by atoms with Gasteiger partial charge >= 0.3 is 0 Å². The third-order valence-corrected chi connectivity index (χ3v) is 5.35. The molecule has 2 aromatic rings. The number of benzene rings is 1. The zero-order chi connectivity index (χ0) is 20.1. The average Bonchev–Trinajstić information content (AvgIpc) is 3.21. The number of thiazole rings is 1. The summed E-state index contributed by atoms with van der Waals surface area (Å²) < 4.78 is 15.5. The average molecular weight is 405 g/mol. The Morgan fingerprint density at radius 3 is 2.32 bits per heavy atom. The molecule has 0 N–H and O–H groups in total. The monoisotopic (exact) mass is 405 g/mol. The maximum atomic E-state index is 12.9. The molecular weight excluding hydrogens is 382 g/mol. The molecule has 28 heavy (non-hydrogen) atoms. The maximum Gasteiger partial charge on any atom is 0.273 e. The first-order chi connectivity index (χ1) is 13.6. The van der Waals surface area contributed by atoms with Gasteiger partial charge in [-0.3, -0.25) is 9.59 Å². The first-order valence-electron chi connectivity index (χ1n) is 8.81. The van der Waals surface area contributed by atoms with Gasteiger partial charge in [-0.1, -0.05) is 0 Å². The summed E-state index contributed by atoms with van der Waals surface area (Å²) in [5, 5.41) is 2.52. The Labute approximate surface area is 167 Å². The summed E-state index contributed by atoms with van der Waals surface area (Å²) in [5.41, 5.74) is 0.903. The third-order valence-electron chi connectivity index (χ3n) is 4.53. The summed E-state index contributed by atoms with van der Waals surface area (Å²) in [6.45, 7) is 2.22. The molecule has 1 fully saturated rings. The molecule has 0 unspecified atom stereocenters. The molecule has 0 spiro atoms. The van der Waals surface area contributed by atoms with Crippen molar-refractivity contribution >= 4 is 23.2 Å². The van der Waals surface area contributed by atoms with E-state index in [1.54, 1.807) is 47.6 Å². The van der Waals surface area contributed by atoms with Crippen LogP contribution in [0.2, 0.25) is 0 Å². The van der Waals surface area contributed by atoms with Crippen molar-refractivity contribution < 1.29 is 23.8 Å². The van der Waals surface area contributed by atoms with Crippen LogP contribution in [-0.2, 0) is 11.3 Å². The normalized spacial score (nSPS) is 14.1. The van der Waals surface area contributed by atoms with Gasteiger partial charge < -0.3 is 24.0 Å². The number of carbonyl (C=O) groups is 2. The Bertz CT molecular complexity index is 846. The van der Waals surface area contributed by atoms with Crippen LogP contribution in [0.4, 0.5) is 0 Å². The second-order valence-corrected chi connectivity index (χ2v) is 7.15. The molecule has 150 valence electrons. The molecular formula is C19H23N3O5S. The van der Waals surface area contributed by atoms with E-state index in [-0.39, 0.29) is 11.8 Å². The largest absolute Gasteiger partial charge is 0.497 e. The molecule has 0 aliphatic carbocycles.